The molecule has 0 saturated carbocycles. The smallest absolute Gasteiger partial charge is 0.305 e. The quantitative estimate of drug-likeness (QED) is 0.856. The Hall–Kier alpha value is -1.88. The maximum absolute atomic E-state index is 12.2. The molecule has 3 N–H and O–H groups in total. The number of benzene rings is 1. The SMILES string of the molecule is CC(C)(CC(=O)O)N1C(=O)Cc2cc(CN)ccc21. The normalized spacial score (nSPS) is 14.7. The van der Waals surface area contributed by atoms with Gasteiger partial charge in [-0.25, -0.2) is 0 Å². The first-order chi connectivity index (χ1) is 8.85. The fourth-order valence-electron chi connectivity index (χ4n) is 2.61. The topological polar surface area (TPSA) is 83.6 Å². The maximum atomic E-state index is 12.2. The zero-order valence-electron chi connectivity index (χ0n) is 11.1. The summed E-state index contributed by atoms with van der Waals surface area (Å²) >= 11 is 0. The van der Waals surface area contributed by atoms with E-state index in [2.05, 4.69) is 0 Å². The van der Waals surface area contributed by atoms with Gasteiger partial charge in [-0.2, -0.15) is 0 Å². The van der Waals surface area contributed by atoms with Crippen molar-refractivity contribution in [1.29, 1.82) is 0 Å². The summed E-state index contributed by atoms with van der Waals surface area (Å²) in [6, 6.07) is 5.65. The second kappa shape index (κ2) is 4.66. The van der Waals surface area contributed by atoms with Gasteiger partial charge in [0.05, 0.1) is 18.4 Å². The number of amides is 1. The van der Waals surface area contributed by atoms with E-state index in [9.17, 15) is 9.59 Å². The van der Waals surface area contributed by atoms with Crippen molar-refractivity contribution in [2.24, 2.45) is 5.73 Å². The lowest BCUT2D eigenvalue weighted by atomic mass is 9.97. The molecule has 0 radical (unpaired) electrons. The number of carboxylic acids is 1. The molecule has 1 aliphatic rings. The van der Waals surface area contributed by atoms with Crippen molar-refractivity contribution >= 4 is 17.6 Å². The summed E-state index contributed by atoms with van der Waals surface area (Å²) in [5, 5.41) is 8.97. The Morgan fingerprint density at radius 2 is 2.16 bits per heavy atom. The molecule has 2 rings (SSSR count). The molecule has 1 aliphatic heterocycles. The summed E-state index contributed by atoms with van der Waals surface area (Å²) in [4.78, 5) is 24.7. The van der Waals surface area contributed by atoms with E-state index in [4.69, 9.17) is 10.8 Å². The summed E-state index contributed by atoms with van der Waals surface area (Å²) < 4.78 is 0. The van der Waals surface area contributed by atoms with Crippen molar-refractivity contribution in [3.63, 3.8) is 0 Å². The van der Waals surface area contributed by atoms with Gasteiger partial charge in [-0.05, 0) is 31.0 Å². The largest absolute Gasteiger partial charge is 0.481 e. The van der Waals surface area contributed by atoms with E-state index in [0.29, 0.717) is 13.0 Å². The van der Waals surface area contributed by atoms with Crippen LogP contribution in [0, 0.1) is 0 Å². The first-order valence-corrected chi connectivity index (χ1v) is 6.22. The molecule has 5 nitrogen and oxygen atoms in total. The second-order valence-electron chi connectivity index (χ2n) is 5.46. The molecule has 0 unspecified atom stereocenters. The van der Waals surface area contributed by atoms with Crippen LogP contribution in [0.5, 0.6) is 0 Å². The molecular formula is C14H18N2O3. The fourth-order valence-corrected chi connectivity index (χ4v) is 2.61. The summed E-state index contributed by atoms with van der Waals surface area (Å²) in [6.07, 6.45) is 0.225. The van der Waals surface area contributed by atoms with Crippen LogP contribution >= 0.6 is 0 Å². The molecule has 0 atom stereocenters. The van der Waals surface area contributed by atoms with Gasteiger partial charge in [0.25, 0.3) is 0 Å². The molecule has 19 heavy (non-hydrogen) atoms. The lowest BCUT2D eigenvalue weighted by Gasteiger charge is -2.35. The number of hydrogen-bond donors (Lipinski definition) is 2. The Labute approximate surface area is 112 Å². The van der Waals surface area contributed by atoms with Crippen LogP contribution in [0.1, 0.15) is 31.4 Å². The first kappa shape index (κ1) is 13.5. The van der Waals surface area contributed by atoms with E-state index in [-0.39, 0.29) is 12.3 Å². The number of hydrogen-bond acceptors (Lipinski definition) is 3. The van der Waals surface area contributed by atoms with Crippen LogP contribution in [0.4, 0.5) is 5.69 Å². The number of aliphatic carboxylic acids is 1. The number of carboxylic acid groups (broad SMARTS) is 1. The highest BCUT2D eigenvalue weighted by Gasteiger charge is 2.39. The molecule has 1 aromatic carbocycles. The summed E-state index contributed by atoms with van der Waals surface area (Å²) in [7, 11) is 0. The number of rotatable bonds is 4. The zero-order valence-corrected chi connectivity index (χ0v) is 11.1. The van der Waals surface area contributed by atoms with Gasteiger partial charge < -0.3 is 15.7 Å². The van der Waals surface area contributed by atoms with Gasteiger partial charge in [0, 0.05) is 12.2 Å². The van der Waals surface area contributed by atoms with Crippen molar-refractivity contribution < 1.29 is 14.7 Å². The molecule has 1 amide bonds. The van der Waals surface area contributed by atoms with Gasteiger partial charge in [-0.15, -0.1) is 0 Å². The Kier molecular flexibility index (Phi) is 3.32. The van der Waals surface area contributed by atoms with E-state index in [1.165, 1.54) is 0 Å². The Bertz CT molecular complexity index is 537. The average Bonchev–Trinajstić information content (AvgIpc) is 2.62. The van der Waals surface area contributed by atoms with Gasteiger partial charge in [0.2, 0.25) is 5.91 Å². The van der Waals surface area contributed by atoms with Crippen LogP contribution in [0.2, 0.25) is 0 Å². The van der Waals surface area contributed by atoms with Gasteiger partial charge in [-0.1, -0.05) is 12.1 Å². The highest BCUT2D eigenvalue weighted by atomic mass is 16.4. The van der Waals surface area contributed by atoms with Crippen LogP contribution in [0.3, 0.4) is 0 Å². The standard InChI is InChI=1S/C14H18N2O3/c1-14(2,7-13(18)19)16-11-4-3-9(8-15)5-10(11)6-12(16)17/h3-5H,6-8,15H2,1-2H3,(H,18,19). The second-order valence-corrected chi connectivity index (χ2v) is 5.46. The minimum Gasteiger partial charge on any atom is -0.481 e. The van der Waals surface area contributed by atoms with Gasteiger partial charge in [0.1, 0.15) is 0 Å². The minimum atomic E-state index is -0.912. The molecule has 0 spiro atoms. The van der Waals surface area contributed by atoms with Crippen molar-refractivity contribution in [2.45, 2.75) is 38.8 Å². The third-order valence-electron chi connectivity index (χ3n) is 3.40. The molecule has 102 valence electrons. The molecule has 0 bridgehead atoms. The lowest BCUT2D eigenvalue weighted by Crippen LogP contribution is -2.47. The number of fused-ring (bicyclic) bond motifs is 1. The van der Waals surface area contributed by atoms with Crippen molar-refractivity contribution in [3.8, 4) is 0 Å². The maximum Gasteiger partial charge on any atom is 0.305 e. The number of carbonyl (C=O) groups excluding carboxylic acids is 1. The Morgan fingerprint density at radius 1 is 1.47 bits per heavy atom. The van der Waals surface area contributed by atoms with E-state index < -0.39 is 11.5 Å². The van der Waals surface area contributed by atoms with Crippen LogP contribution < -0.4 is 10.6 Å². The molecule has 1 aromatic rings. The Balaban J connectivity index is 2.40. The fraction of sp³-hybridized carbons (Fsp3) is 0.429. The van der Waals surface area contributed by atoms with Crippen molar-refractivity contribution in [2.75, 3.05) is 4.90 Å². The van der Waals surface area contributed by atoms with Crippen LogP contribution in [0.15, 0.2) is 18.2 Å². The Morgan fingerprint density at radius 3 is 2.74 bits per heavy atom. The van der Waals surface area contributed by atoms with Crippen molar-refractivity contribution in [3.05, 3.63) is 29.3 Å². The van der Waals surface area contributed by atoms with Crippen molar-refractivity contribution in [1.82, 2.24) is 0 Å². The highest BCUT2D eigenvalue weighted by molar-refractivity contribution is 6.03. The van der Waals surface area contributed by atoms with Crippen LogP contribution in [-0.4, -0.2) is 22.5 Å². The first-order valence-electron chi connectivity index (χ1n) is 6.22. The summed E-state index contributed by atoms with van der Waals surface area (Å²) in [6.45, 7) is 3.97. The highest BCUT2D eigenvalue weighted by Crippen LogP contribution is 2.36. The molecule has 1 heterocycles. The van der Waals surface area contributed by atoms with E-state index in [0.717, 1.165) is 16.8 Å². The summed E-state index contributed by atoms with van der Waals surface area (Å²) in [5.74, 6) is -0.972. The third kappa shape index (κ3) is 2.46. The lowest BCUT2D eigenvalue weighted by molar-refractivity contribution is -0.138. The average molecular weight is 262 g/mol. The van der Waals surface area contributed by atoms with E-state index >= 15 is 0 Å². The summed E-state index contributed by atoms with van der Waals surface area (Å²) in [5.41, 5.74) is 7.55. The van der Waals surface area contributed by atoms with E-state index in [1.807, 2.05) is 18.2 Å². The predicted molar refractivity (Wildman–Crippen MR) is 71.9 cm³/mol. The van der Waals surface area contributed by atoms with Gasteiger partial charge in [-0.3, -0.25) is 9.59 Å². The molecule has 0 saturated heterocycles. The zero-order chi connectivity index (χ0) is 14.2. The molecule has 0 aromatic heterocycles. The number of nitrogens with zero attached hydrogens (tertiary/aromatic N) is 1. The molecule has 0 fully saturated rings. The van der Waals surface area contributed by atoms with Crippen LogP contribution in [-0.2, 0) is 22.6 Å². The molecular weight excluding hydrogens is 244 g/mol. The van der Waals surface area contributed by atoms with Gasteiger partial charge in [0.15, 0.2) is 0 Å². The number of carbonyl (C=O) groups is 2. The number of nitrogens with two attached hydrogens (primary N) is 1. The van der Waals surface area contributed by atoms with Crippen LogP contribution in [0.25, 0.3) is 0 Å². The predicted octanol–water partition coefficient (Wildman–Crippen LogP) is 1.29. The minimum absolute atomic E-state index is 0.0598. The van der Waals surface area contributed by atoms with E-state index in [1.54, 1.807) is 18.7 Å². The third-order valence-corrected chi connectivity index (χ3v) is 3.40. The number of anilines is 1. The molecule has 0 aliphatic carbocycles. The monoisotopic (exact) mass is 262 g/mol. The molecule has 5 heteroatoms. The van der Waals surface area contributed by atoms with Gasteiger partial charge >= 0.3 is 5.97 Å².